The Balaban J connectivity index is 1.16. The molecule has 234 valence electrons. The van der Waals surface area contributed by atoms with Crippen LogP contribution in [-0.2, 0) is 0 Å². The molecule has 0 amide bonds. The van der Waals surface area contributed by atoms with Gasteiger partial charge in [-0.05, 0) is 46.5 Å². The van der Waals surface area contributed by atoms with Crippen LogP contribution in [0.15, 0.2) is 164 Å². The second kappa shape index (κ2) is 11.8. The molecule has 0 radical (unpaired) electrons. The van der Waals surface area contributed by atoms with E-state index in [4.69, 9.17) is 15.0 Å². The van der Waals surface area contributed by atoms with Crippen LogP contribution < -0.4 is 0 Å². The third-order valence-electron chi connectivity index (χ3n) is 9.36. The van der Waals surface area contributed by atoms with E-state index in [-0.39, 0.29) is 0 Å². The maximum atomic E-state index is 5.06. The summed E-state index contributed by atoms with van der Waals surface area (Å²) in [4.78, 5) is 15.0. The zero-order valence-corrected chi connectivity index (χ0v) is 28.4. The van der Waals surface area contributed by atoms with Crippen molar-refractivity contribution in [2.45, 2.75) is 0 Å². The predicted molar refractivity (Wildman–Crippen MR) is 213 cm³/mol. The second-order valence-corrected chi connectivity index (χ2v) is 14.5. The highest BCUT2D eigenvalue weighted by molar-refractivity contribution is 7.26. The molecule has 0 bridgehead atoms. The summed E-state index contributed by atoms with van der Waals surface area (Å²) in [5.74, 6) is 2.01. The molecule has 10 rings (SSSR count). The van der Waals surface area contributed by atoms with Gasteiger partial charge in [0.2, 0.25) is 0 Å². The van der Waals surface area contributed by atoms with Gasteiger partial charge in [-0.2, -0.15) is 0 Å². The van der Waals surface area contributed by atoms with Crippen molar-refractivity contribution >= 4 is 63.0 Å². The van der Waals surface area contributed by atoms with Crippen molar-refractivity contribution in [1.82, 2.24) is 15.0 Å². The normalized spacial score (nSPS) is 11.6. The highest BCUT2D eigenvalue weighted by Crippen LogP contribution is 2.46. The zero-order valence-electron chi connectivity index (χ0n) is 26.7. The summed E-state index contributed by atoms with van der Waals surface area (Å²) in [5.41, 5.74) is 7.94. The fourth-order valence-electron chi connectivity index (χ4n) is 6.98. The Morgan fingerprint density at radius 1 is 0.320 bits per heavy atom. The molecular formula is C45H27N3S2. The minimum Gasteiger partial charge on any atom is -0.208 e. The van der Waals surface area contributed by atoms with Crippen molar-refractivity contribution in [2.75, 3.05) is 0 Å². The largest absolute Gasteiger partial charge is 0.208 e. The number of fused-ring (bicyclic) bond motifs is 6. The molecule has 10 aromatic rings. The van der Waals surface area contributed by atoms with E-state index < -0.39 is 0 Å². The lowest BCUT2D eigenvalue weighted by atomic mass is 9.94. The highest BCUT2D eigenvalue weighted by Gasteiger charge is 2.19. The van der Waals surface area contributed by atoms with Crippen LogP contribution in [-0.4, -0.2) is 15.0 Å². The predicted octanol–water partition coefficient (Wildman–Crippen LogP) is 12.9. The van der Waals surface area contributed by atoms with E-state index >= 15 is 0 Å². The third kappa shape index (κ3) is 4.82. The highest BCUT2D eigenvalue weighted by atomic mass is 32.1. The van der Waals surface area contributed by atoms with Crippen LogP contribution in [0.25, 0.3) is 96.8 Å². The summed E-state index contributed by atoms with van der Waals surface area (Å²) in [6, 6.07) is 57.9. The first-order valence-corrected chi connectivity index (χ1v) is 18.2. The molecule has 3 nitrogen and oxygen atoms in total. The van der Waals surface area contributed by atoms with Crippen LogP contribution in [0.3, 0.4) is 0 Å². The minimum atomic E-state index is 0.667. The van der Waals surface area contributed by atoms with Gasteiger partial charge < -0.3 is 0 Å². The van der Waals surface area contributed by atoms with Crippen LogP contribution in [0, 0.1) is 0 Å². The first-order valence-electron chi connectivity index (χ1n) is 16.6. The van der Waals surface area contributed by atoms with Gasteiger partial charge in [-0.3, -0.25) is 0 Å². The van der Waals surface area contributed by atoms with Crippen LogP contribution in [0.1, 0.15) is 0 Å². The van der Waals surface area contributed by atoms with E-state index in [0.29, 0.717) is 17.5 Å². The molecule has 0 aliphatic rings. The lowest BCUT2D eigenvalue weighted by Crippen LogP contribution is -2.00. The lowest BCUT2D eigenvalue weighted by molar-refractivity contribution is 1.08. The van der Waals surface area contributed by atoms with Gasteiger partial charge >= 0.3 is 0 Å². The summed E-state index contributed by atoms with van der Waals surface area (Å²) in [6.07, 6.45) is 0. The molecule has 5 heteroatoms. The minimum absolute atomic E-state index is 0.667. The van der Waals surface area contributed by atoms with E-state index in [1.807, 2.05) is 47.7 Å². The number of hydrogen-bond donors (Lipinski definition) is 0. The molecule has 0 aliphatic heterocycles. The van der Waals surface area contributed by atoms with E-state index in [1.54, 1.807) is 11.3 Å². The summed E-state index contributed by atoms with van der Waals surface area (Å²) in [6.45, 7) is 0. The van der Waals surface area contributed by atoms with Crippen LogP contribution in [0.4, 0.5) is 0 Å². The summed E-state index contributed by atoms with van der Waals surface area (Å²) in [5, 5.41) is 5.07. The topological polar surface area (TPSA) is 38.7 Å². The standard InChI is InChI=1S/C45H27N3S2/c1-4-13-28(14-5-1)33-25-24-32(40-35-19-10-11-22-38(35)50-42(33)40)31-23-26-39-37(27-31)34-20-12-21-36(41(34)49-39)45-47-43(29-15-6-2-7-16-29)46-44(48-45)30-17-8-3-9-18-30/h1-27H. The Bertz CT molecular complexity index is 2800. The molecular weight excluding hydrogens is 647 g/mol. The molecule has 3 heterocycles. The van der Waals surface area contributed by atoms with Gasteiger partial charge in [0, 0.05) is 57.0 Å². The van der Waals surface area contributed by atoms with Gasteiger partial charge in [0.05, 0.1) is 0 Å². The molecule has 7 aromatic carbocycles. The fourth-order valence-corrected chi connectivity index (χ4v) is 9.44. The summed E-state index contributed by atoms with van der Waals surface area (Å²) < 4.78 is 5.05. The van der Waals surface area contributed by atoms with Crippen molar-refractivity contribution in [3.05, 3.63) is 164 Å². The summed E-state index contributed by atoms with van der Waals surface area (Å²) in [7, 11) is 0. The van der Waals surface area contributed by atoms with Gasteiger partial charge in [-0.15, -0.1) is 22.7 Å². The Morgan fingerprint density at radius 2 is 0.880 bits per heavy atom. The average molecular weight is 674 g/mol. The number of rotatable bonds is 5. The van der Waals surface area contributed by atoms with Crippen LogP contribution >= 0.6 is 22.7 Å². The van der Waals surface area contributed by atoms with Crippen molar-refractivity contribution in [3.8, 4) is 56.4 Å². The number of aromatic nitrogens is 3. The van der Waals surface area contributed by atoms with Crippen LogP contribution in [0.2, 0.25) is 0 Å². The van der Waals surface area contributed by atoms with Crippen molar-refractivity contribution in [1.29, 1.82) is 0 Å². The van der Waals surface area contributed by atoms with E-state index in [9.17, 15) is 0 Å². The Kier molecular flexibility index (Phi) is 6.86. The smallest absolute Gasteiger partial charge is 0.165 e. The van der Waals surface area contributed by atoms with E-state index in [2.05, 4.69) is 127 Å². The molecule has 0 atom stereocenters. The monoisotopic (exact) mass is 673 g/mol. The molecule has 3 aromatic heterocycles. The van der Waals surface area contributed by atoms with E-state index in [0.717, 1.165) is 16.7 Å². The number of benzene rings is 7. The number of thiophene rings is 2. The Labute approximate surface area is 296 Å². The van der Waals surface area contributed by atoms with Gasteiger partial charge in [-0.1, -0.05) is 140 Å². The SMILES string of the molecule is c1ccc(-c2nc(-c3ccccc3)nc(-c3cccc4c3sc3ccc(-c5ccc(-c6ccccc6)c6sc7ccccc7c56)cc34)n2)cc1. The third-order valence-corrected chi connectivity index (χ3v) is 11.8. The first-order chi connectivity index (χ1) is 24.8. The maximum absolute atomic E-state index is 5.06. The lowest BCUT2D eigenvalue weighted by Gasteiger charge is -2.10. The summed E-state index contributed by atoms with van der Waals surface area (Å²) >= 11 is 3.68. The van der Waals surface area contributed by atoms with Gasteiger partial charge in [-0.25, -0.2) is 15.0 Å². The molecule has 0 N–H and O–H groups in total. The molecule has 50 heavy (non-hydrogen) atoms. The fraction of sp³-hybridized carbons (Fsp3) is 0. The molecule has 0 aliphatic carbocycles. The molecule has 0 saturated carbocycles. The zero-order chi connectivity index (χ0) is 33.0. The molecule has 0 saturated heterocycles. The molecule has 0 unspecified atom stereocenters. The number of hydrogen-bond acceptors (Lipinski definition) is 5. The molecule has 0 spiro atoms. The van der Waals surface area contributed by atoms with Gasteiger partial charge in [0.1, 0.15) is 0 Å². The van der Waals surface area contributed by atoms with Crippen LogP contribution in [0.5, 0.6) is 0 Å². The Morgan fingerprint density at radius 3 is 1.60 bits per heavy atom. The average Bonchev–Trinajstić information content (AvgIpc) is 3.77. The molecule has 0 fully saturated rings. The van der Waals surface area contributed by atoms with Crippen molar-refractivity contribution in [3.63, 3.8) is 0 Å². The van der Waals surface area contributed by atoms with Crippen molar-refractivity contribution < 1.29 is 0 Å². The number of nitrogens with zero attached hydrogens (tertiary/aromatic N) is 3. The second-order valence-electron chi connectivity index (χ2n) is 12.4. The van der Waals surface area contributed by atoms with Gasteiger partial charge in [0.25, 0.3) is 0 Å². The Hall–Kier alpha value is -6.01. The first kappa shape index (κ1) is 29.0. The van der Waals surface area contributed by atoms with Crippen molar-refractivity contribution in [2.24, 2.45) is 0 Å². The quantitative estimate of drug-likeness (QED) is 0.182. The van der Waals surface area contributed by atoms with Gasteiger partial charge in [0.15, 0.2) is 17.5 Å². The van der Waals surface area contributed by atoms with E-state index in [1.165, 1.54) is 62.6 Å². The maximum Gasteiger partial charge on any atom is 0.165 e.